The molecule has 0 unspecified atom stereocenters. The number of aryl methyl sites for hydroxylation is 1. The molecule has 0 aliphatic rings. The van der Waals surface area contributed by atoms with E-state index in [9.17, 15) is 4.79 Å². The lowest BCUT2D eigenvalue weighted by Gasteiger charge is -2.12. The number of anilines is 1. The van der Waals surface area contributed by atoms with Gasteiger partial charge in [-0.25, -0.2) is 4.98 Å². The van der Waals surface area contributed by atoms with Gasteiger partial charge in [-0.3, -0.25) is 10.1 Å². The topological polar surface area (TPSA) is 51.2 Å². The summed E-state index contributed by atoms with van der Waals surface area (Å²) in [7, 11) is 0. The van der Waals surface area contributed by atoms with E-state index in [0.29, 0.717) is 15.7 Å². The molecular weight excluding hydrogens is 356 g/mol. The quantitative estimate of drug-likeness (QED) is 0.624. The van der Waals surface area contributed by atoms with Crippen LogP contribution in [0.15, 0.2) is 36.4 Å². The molecule has 0 spiro atoms. The zero-order valence-electron chi connectivity index (χ0n) is 14.3. The first-order valence-electron chi connectivity index (χ1n) is 8.11. The van der Waals surface area contributed by atoms with Gasteiger partial charge in [0.05, 0.1) is 16.3 Å². The van der Waals surface area contributed by atoms with E-state index in [0.717, 1.165) is 28.0 Å². The molecule has 0 aliphatic carbocycles. The lowest BCUT2D eigenvalue weighted by molar-refractivity contribution is 0.102. The number of nitrogens with zero attached hydrogens (tertiary/aromatic N) is 1. The van der Waals surface area contributed by atoms with Gasteiger partial charge in [0.2, 0.25) is 0 Å². The minimum absolute atomic E-state index is 0.151. The maximum atomic E-state index is 12.4. The smallest absolute Gasteiger partial charge is 0.257 e. The van der Waals surface area contributed by atoms with Gasteiger partial charge in [-0.1, -0.05) is 29.9 Å². The molecule has 1 aromatic heterocycles. The number of carbonyl (C=O) groups is 1. The molecule has 130 valence electrons. The molecule has 1 amide bonds. The van der Waals surface area contributed by atoms with Crippen molar-refractivity contribution < 1.29 is 9.53 Å². The van der Waals surface area contributed by atoms with E-state index >= 15 is 0 Å². The van der Waals surface area contributed by atoms with Crippen LogP contribution in [0.5, 0.6) is 5.75 Å². The molecule has 0 radical (unpaired) electrons. The zero-order valence-corrected chi connectivity index (χ0v) is 15.9. The highest BCUT2D eigenvalue weighted by Crippen LogP contribution is 2.30. The number of thiazole rings is 1. The molecule has 1 N–H and O–H groups in total. The predicted molar refractivity (Wildman–Crippen MR) is 104 cm³/mol. The number of rotatable bonds is 5. The standard InChI is InChI=1S/C19H19ClN2O2S/c1-4-12(3)24-14-7-5-13(6-8-14)18(23)22-19-21-16-10-15(20)11(2)9-17(16)25-19/h5-10,12H,4H2,1-3H3,(H,21,22,23)/t12-/m1/s1. The first kappa shape index (κ1) is 17.7. The van der Waals surface area contributed by atoms with Crippen molar-refractivity contribution in [3.63, 3.8) is 0 Å². The second-order valence-corrected chi connectivity index (χ2v) is 7.34. The van der Waals surface area contributed by atoms with Crippen molar-refractivity contribution in [1.82, 2.24) is 4.98 Å². The molecule has 0 aliphatic heterocycles. The number of aromatic nitrogens is 1. The lowest BCUT2D eigenvalue weighted by atomic mass is 10.2. The minimum Gasteiger partial charge on any atom is -0.491 e. The second kappa shape index (κ2) is 7.42. The van der Waals surface area contributed by atoms with Crippen molar-refractivity contribution in [2.24, 2.45) is 0 Å². The van der Waals surface area contributed by atoms with E-state index in [2.05, 4.69) is 17.2 Å². The molecule has 0 fully saturated rings. The van der Waals surface area contributed by atoms with Gasteiger partial charge >= 0.3 is 0 Å². The number of fused-ring (bicyclic) bond motifs is 1. The fraction of sp³-hybridized carbons (Fsp3) is 0.263. The average Bonchev–Trinajstić information content (AvgIpc) is 2.96. The van der Waals surface area contributed by atoms with Gasteiger partial charge in [-0.15, -0.1) is 0 Å². The van der Waals surface area contributed by atoms with Crippen molar-refractivity contribution in [2.45, 2.75) is 33.3 Å². The molecule has 1 atom stereocenters. The summed E-state index contributed by atoms with van der Waals surface area (Å²) in [4.78, 5) is 16.8. The van der Waals surface area contributed by atoms with Gasteiger partial charge in [0, 0.05) is 10.6 Å². The van der Waals surface area contributed by atoms with Crippen molar-refractivity contribution in [2.75, 3.05) is 5.32 Å². The van der Waals surface area contributed by atoms with Crippen LogP contribution in [0.4, 0.5) is 5.13 Å². The number of benzene rings is 2. The Kier molecular flexibility index (Phi) is 5.25. The summed E-state index contributed by atoms with van der Waals surface area (Å²) in [6.07, 6.45) is 1.08. The maximum absolute atomic E-state index is 12.4. The molecule has 3 aromatic rings. The van der Waals surface area contributed by atoms with Crippen LogP contribution in [0.25, 0.3) is 10.2 Å². The molecule has 0 bridgehead atoms. The molecular formula is C19H19ClN2O2S. The van der Waals surface area contributed by atoms with Crippen molar-refractivity contribution >= 4 is 44.2 Å². The van der Waals surface area contributed by atoms with E-state index in [1.165, 1.54) is 11.3 Å². The zero-order chi connectivity index (χ0) is 18.0. The second-order valence-electron chi connectivity index (χ2n) is 5.90. The third-order valence-corrected chi connectivity index (χ3v) is 5.26. The van der Waals surface area contributed by atoms with Gasteiger partial charge in [0.1, 0.15) is 5.75 Å². The predicted octanol–water partition coefficient (Wildman–Crippen LogP) is 5.69. The highest BCUT2D eigenvalue weighted by molar-refractivity contribution is 7.22. The Bertz CT molecular complexity index is 867. The third kappa shape index (κ3) is 4.11. The Balaban J connectivity index is 1.73. The molecule has 4 nitrogen and oxygen atoms in total. The van der Waals surface area contributed by atoms with Crippen LogP contribution in [0, 0.1) is 6.92 Å². The van der Waals surface area contributed by atoms with Crippen LogP contribution in [0.1, 0.15) is 36.2 Å². The lowest BCUT2D eigenvalue weighted by Crippen LogP contribution is -2.12. The molecule has 3 rings (SSSR count). The largest absolute Gasteiger partial charge is 0.491 e. The highest BCUT2D eigenvalue weighted by Gasteiger charge is 2.11. The van der Waals surface area contributed by atoms with E-state index in [1.807, 2.05) is 38.1 Å². The average molecular weight is 375 g/mol. The number of ether oxygens (including phenoxy) is 1. The Morgan fingerprint density at radius 1 is 1.32 bits per heavy atom. The molecule has 0 saturated heterocycles. The summed E-state index contributed by atoms with van der Waals surface area (Å²) in [6.45, 7) is 6.03. The van der Waals surface area contributed by atoms with Crippen LogP contribution < -0.4 is 10.1 Å². The van der Waals surface area contributed by atoms with E-state index in [4.69, 9.17) is 16.3 Å². The summed E-state index contributed by atoms with van der Waals surface area (Å²) < 4.78 is 6.72. The Labute approximate surface area is 155 Å². The Morgan fingerprint density at radius 2 is 2.04 bits per heavy atom. The van der Waals surface area contributed by atoms with Crippen molar-refractivity contribution in [3.8, 4) is 5.75 Å². The van der Waals surface area contributed by atoms with Crippen LogP contribution in [0.2, 0.25) is 5.02 Å². The molecule has 1 heterocycles. The van der Waals surface area contributed by atoms with Crippen molar-refractivity contribution in [3.05, 3.63) is 52.5 Å². The van der Waals surface area contributed by atoms with Gasteiger partial charge < -0.3 is 4.74 Å². The monoisotopic (exact) mass is 374 g/mol. The molecule has 0 saturated carbocycles. The third-order valence-electron chi connectivity index (χ3n) is 3.92. The number of nitrogens with one attached hydrogen (secondary N) is 1. The van der Waals surface area contributed by atoms with Crippen LogP contribution in [-0.4, -0.2) is 17.0 Å². The summed E-state index contributed by atoms with van der Waals surface area (Å²) >= 11 is 7.56. The fourth-order valence-electron chi connectivity index (χ4n) is 2.27. The highest BCUT2D eigenvalue weighted by atomic mass is 35.5. The summed E-state index contributed by atoms with van der Waals surface area (Å²) in [6, 6.07) is 10.9. The van der Waals surface area contributed by atoms with Gasteiger partial charge in [0.15, 0.2) is 5.13 Å². The Hall–Kier alpha value is -2.11. The number of carbonyl (C=O) groups excluding carboxylic acids is 1. The fourth-order valence-corrected chi connectivity index (χ4v) is 3.37. The normalized spacial score (nSPS) is 12.2. The summed E-state index contributed by atoms with van der Waals surface area (Å²) in [5, 5.41) is 4.07. The van der Waals surface area contributed by atoms with Gasteiger partial charge in [-0.05, 0) is 62.2 Å². The SMILES string of the molecule is CC[C@@H](C)Oc1ccc(C(=O)Nc2nc3cc(Cl)c(C)cc3s2)cc1. The van der Waals surface area contributed by atoms with Crippen LogP contribution in [0.3, 0.4) is 0 Å². The summed E-state index contributed by atoms with van der Waals surface area (Å²) in [5.41, 5.74) is 2.34. The van der Waals surface area contributed by atoms with E-state index < -0.39 is 0 Å². The summed E-state index contributed by atoms with van der Waals surface area (Å²) in [5.74, 6) is 0.563. The molecule has 25 heavy (non-hydrogen) atoms. The van der Waals surface area contributed by atoms with Crippen molar-refractivity contribution in [1.29, 1.82) is 0 Å². The maximum Gasteiger partial charge on any atom is 0.257 e. The van der Waals surface area contributed by atoms with Crippen LogP contribution in [-0.2, 0) is 0 Å². The Morgan fingerprint density at radius 3 is 2.72 bits per heavy atom. The molecule has 6 heteroatoms. The number of hydrogen-bond donors (Lipinski definition) is 1. The number of amides is 1. The number of hydrogen-bond acceptors (Lipinski definition) is 4. The van der Waals surface area contributed by atoms with E-state index in [1.54, 1.807) is 12.1 Å². The number of halogens is 1. The minimum atomic E-state index is -0.197. The first-order valence-corrected chi connectivity index (χ1v) is 9.30. The van der Waals surface area contributed by atoms with E-state index in [-0.39, 0.29) is 12.0 Å². The van der Waals surface area contributed by atoms with Gasteiger partial charge in [0.25, 0.3) is 5.91 Å². The van der Waals surface area contributed by atoms with Gasteiger partial charge in [-0.2, -0.15) is 0 Å². The van der Waals surface area contributed by atoms with Crippen LogP contribution >= 0.6 is 22.9 Å². The first-order chi connectivity index (χ1) is 12.0. The molecule has 2 aromatic carbocycles.